The van der Waals surface area contributed by atoms with E-state index in [-0.39, 0.29) is 0 Å². The van der Waals surface area contributed by atoms with Crippen molar-refractivity contribution in [2.75, 3.05) is 0 Å². The third kappa shape index (κ3) is 4.40. The molecule has 4 nitrogen and oxygen atoms in total. The Balaban J connectivity index is 1.14. The van der Waals surface area contributed by atoms with Crippen molar-refractivity contribution in [3.8, 4) is 39.9 Å². The second kappa shape index (κ2) is 11.2. The number of hydrogen-bond donors (Lipinski definition) is 0. The second-order valence-corrected chi connectivity index (χ2v) is 14.9. The Bertz CT molecular complexity index is 3080. The molecule has 4 heterocycles. The molecule has 51 heavy (non-hydrogen) atoms. The molecule has 0 bridgehead atoms. The van der Waals surface area contributed by atoms with Crippen LogP contribution in [0.5, 0.6) is 0 Å². The molecule has 0 N–H and O–H groups in total. The zero-order valence-electron chi connectivity index (χ0n) is 27.1. The highest BCUT2D eigenvalue weighted by molar-refractivity contribution is 7.30. The maximum Gasteiger partial charge on any atom is 0.164 e. The van der Waals surface area contributed by atoms with Crippen molar-refractivity contribution in [1.29, 1.82) is 0 Å². The summed E-state index contributed by atoms with van der Waals surface area (Å²) in [7, 11) is 0. The average molecular weight is 687 g/mol. The van der Waals surface area contributed by atoms with Gasteiger partial charge in [-0.2, -0.15) is 0 Å². The van der Waals surface area contributed by atoms with Crippen LogP contribution in [0, 0.1) is 0 Å². The van der Waals surface area contributed by atoms with Crippen LogP contribution < -0.4 is 0 Å². The van der Waals surface area contributed by atoms with Crippen LogP contribution in [0.25, 0.3) is 102 Å². The fourth-order valence-corrected chi connectivity index (χ4v) is 10.1. The van der Waals surface area contributed by atoms with Gasteiger partial charge in [-0.15, -0.1) is 22.7 Å². The maximum absolute atomic E-state index is 5.02. The summed E-state index contributed by atoms with van der Waals surface area (Å²) in [5.74, 6) is 1.95. The summed E-state index contributed by atoms with van der Waals surface area (Å²) in [6.07, 6.45) is 0. The number of rotatable bonds is 4. The molecule has 11 rings (SSSR count). The van der Waals surface area contributed by atoms with Gasteiger partial charge < -0.3 is 4.57 Å². The van der Waals surface area contributed by atoms with E-state index in [1.807, 2.05) is 83.3 Å². The number of hydrogen-bond acceptors (Lipinski definition) is 5. The molecule has 0 spiro atoms. The lowest BCUT2D eigenvalue weighted by molar-refractivity contribution is 1.07. The minimum atomic E-state index is 0.643. The SMILES string of the molecule is c1ccc(-c2nc(-c3ccccc3)nc(-c3cccc(-n4c5ccccc5c5c6sc7c(ccc8sc9ccccc9c87)c6ccc54)c3)n2)cc1. The fraction of sp³-hybridized carbons (Fsp3) is 0. The lowest BCUT2D eigenvalue weighted by Gasteiger charge is -2.11. The first kappa shape index (κ1) is 28.6. The summed E-state index contributed by atoms with van der Waals surface area (Å²) in [4.78, 5) is 15.0. The van der Waals surface area contributed by atoms with Crippen LogP contribution in [-0.2, 0) is 0 Å². The predicted octanol–water partition coefficient (Wildman–Crippen LogP) is 12.7. The molecule has 0 aliphatic rings. The number of benzene rings is 7. The lowest BCUT2D eigenvalue weighted by Crippen LogP contribution is -2.01. The molecule has 0 saturated heterocycles. The van der Waals surface area contributed by atoms with E-state index >= 15 is 0 Å². The van der Waals surface area contributed by atoms with Crippen molar-refractivity contribution >= 4 is 84.8 Å². The number of para-hydroxylation sites is 1. The monoisotopic (exact) mass is 686 g/mol. The second-order valence-electron chi connectivity index (χ2n) is 12.8. The van der Waals surface area contributed by atoms with Crippen molar-refractivity contribution in [2.24, 2.45) is 0 Å². The Morgan fingerprint density at radius 1 is 0.373 bits per heavy atom. The van der Waals surface area contributed by atoms with Crippen molar-refractivity contribution in [3.05, 3.63) is 158 Å². The van der Waals surface area contributed by atoms with E-state index in [4.69, 9.17) is 15.0 Å². The van der Waals surface area contributed by atoms with Crippen LogP contribution in [-0.4, -0.2) is 19.5 Å². The van der Waals surface area contributed by atoms with Crippen LogP contribution in [0.2, 0.25) is 0 Å². The zero-order valence-corrected chi connectivity index (χ0v) is 28.7. The third-order valence-electron chi connectivity index (χ3n) is 9.84. The summed E-state index contributed by atoms with van der Waals surface area (Å²) in [6, 6.07) is 55.7. The van der Waals surface area contributed by atoms with Crippen molar-refractivity contribution in [1.82, 2.24) is 19.5 Å². The van der Waals surface area contributed by atoms with Gasteiger partial charge in [-0.3, -0.25) is 0 Å². The lowest BCUT2D eigenvalue weighted by atomic mass is 10.1. The van der Waals surface area contributed by atoms with Crippen molar-refractivity contribution < 1.29 is 0 Å². The molecule has 238 valence electrons. The number of nitrogens with zero attached hydrogens (tertiary/aromatic N) is 4. The summed E-state index contributed by atoms with van der Waals surface area (Å²) >= 11 is 3.81. The summed E-state index contributed by atoms with van der Waals surface area (Å²) in [5.41, 5.74) is 6.27. The smallest absolute Gasteiger partial charge is 0.164 e. The molecule has 0 saturated carbocycles. The van der Waals surface area contributed by atoms with Gasteiger partial charge in [-0.05, 0) is 36.4 Å². The van der Waals surface area contributed by atoms with Gasteiger partial charge in [0.2, 0.25) is 0 Å². The van der Waals surface area contributed by atoms with E-state index < -0.39 is 0 Å². The van der Waals surface area contributed by atoms with Gasteiger partial charge in [-0.25, -0.2) is 15.0 Å². The Morgan fingerprint density at radius 2 is 0.961 bits per heavy atom. The largest absolute Gasteiger partial charge is 0.309 e. The Morgan fingerprint density at radius 3 is 1.71 bits per heavy atom. The molecule has 0 unspecified atom stereocenters. The molecule has 0 amide bonds. The zero-order chi connectivity index (χ0) is 33.5. The minimum absolute atomic E-state index is 0.643. The highest BCUT2D eigenvalue weighted by atomic mass is 32.1. The van der Waals surface area contributed by atoms with E-state index in [9.17, 15) is 0 Å². The summed E-state index contributed by atoms with van der Waals surface area (Å²) in [5, 5.41) is 7.89. The number of fused-ring (bicyclic) bond motifs is 11. The minimum Gasteiger partial charge on any atom is -0.309 e. The predicted molar refractivity (Wildman–Crippen MR) is 216 cm³/mol. The van der Waals surface area contributed by atoms with E-state index in [1.165, 1.54) is 62.2 Å². The van der Waals surface area contributed by atoms with Crippen LogP contribution in [0.1, 0.15) is 0 Å². The standard InChI is InChI=1S/C45H26N4S2/c1-3-12-27(13-4-1)43-46-44(28-14-5-2-6-15-28)48-45(47-43)29-16-11-17-30(26-29)49-35-20-9-7-18-33(35)39-36(49)24-22-31-32-23-25-38-40(42(32)51-41(31)39)34-19-8-10-21-37(34)50-38/h1-26H. The Hall–Kier alpha value is -6.21. The quantitative estimate of drug-likeness (QED) is 0.185. The molecule has 7 aromatic carbocycles. The molecule has 6 heteroatoms. The molecule has 0 radical (unpaired) electrons. The number of thiophene rings is 2. The third-order valence-corrected chi connectivity index (χ3v) is 12.2. The summed E-state index contributed by atoms with van der Waals surface area (Å²) < 4.78 is 7.77. The Labute approximate surface area is 300 Å². The van der Waals surface area contributed by atoms with Gasteiger partial charge in [0.05, 0.1) is 11.0 Å². The van der Waals surface area contributed by atoms with E-state index in [0.29, 0.717) is 17.5 Å². The van der Waals surface area contributed by atoms with Crippen LogP contribution in [0.3, 0.4) is 0 Å². The molecule has 4 aromatic heterocycles. The van der Waals surface area contributed by atoms with Crippen LogP contribution in [0.15, 0.2) is 158 Å². The normalized spacial score (nSPS) is 11.9. The molecule has 0 fully saturated rings. The highest BCUT2D eigenvalue weighted by Crippen LogP contribution is 2.48. The van der Waals surface area contributed by atoms with Gasteiger partial charge in [0.1, 0.15) is 0 Å². The molecular formula is C45H26N4S2. The van der Waals surface area contributed by atoms with Gasteiger partial charge in [0.15, 0.2) is 17.5 Å². The first-order valence-electron chi connectivity index (χ1n) is 16.9. The van der Waals surface area contributed by atoms with Crippen LogP contribution in [0.4, 0.5) is 0 Å². The van der Waals surface area contributed by atoms with Crippen molar-refractivity contribution in [2.45, 2.75) is 0 Å². The highest BCUT2D eigenvalue weighted by Gasteiger charge is 2.20. The number of aromatic nitrogens is 4. The van der Waals surface area contributed by atoms with Crippen LogP contribution >= 0.6 is 22.7 Å². The molecule has 0 aliphatic heterocycles. The first-order chi connectivity index (χ1) is 25.3. The molecule has 0 aliphatic carbocycles. The van der Waals surface area contributed by atoms with E-state index in [1.54, 1.807) is 0 Å². The molecule has 0 atom stereocenters. The first-order valence-corrected chi connectivity index (χ1v) is 18.6. The van der Waals surface area contributed by atoms with Gasteiger partial charge >= 0.3 is 0 Å². The Kier molecular flexibility index (Phi) is 6.26. The van der Waals surface area contributed by atoms with Crippen molar-refractivity contribution in [3.63, 3.8) is 0 Å². The summed E-state index contributed by atoms with van der Waals surface area (Å²) in [6.45, 7) is 0. The topological polar surface area (TPSA) is 43.6 Å². The van der Waals surface area contributed by atoms with E-state index in [0.717, 1.165) is 22.4 Å². The van der Waals surface area contributed by atoms with Gasteiger partial charge in [0, 0.05) is 73.5 Å². The maximum atomic E-state index is 5.02. The van der Waals surface area contributed by atoms with E-state index in [2.05, 4.69) is 102 Å². The molecular weight excluding hydrogens is 661 g/mol. The molecule has 11 aromatic rings. The van der Waals surface area contributed by atoms with Gasteiger partial charge in [-0.1, -0.05) is 121 Å². The fourth-order valence-electron chi connectivity index (χ4n) is 7.55. The van der Waals surface area contributed by atoms with Gasteiger partial charge in [0.25, 0.3) is 0 Å². The average Bonchev–Trinajstić information content (AvgIpc) is 3.88.